The molecule has 0 heterocycles. The van der Waals surface area contributed by atoms with Gasteiger partial charge in [-0.15, -0.1) is 0 Å². The van der Waals surface area contributed by atoms with Crippen LogP contribution in [0.4, 0.5) is 5.69 Å². The molecule has 0 bridgehead atoms. The summed E-state index contributed by atoms with van der Waals surface area (Å²) in [6, 6.07) is 8.04. The van der Waals surface area contributed by atoms with Gasteiger partial charge in [0.2, 0.25) is 5.91 Å². The number of carbonyl (C=O) groups excluding carboxylic acids is 1. The van der Waals surface area contributed by atoms with Crippen LogP contribution in [-0.4, -0.2) is 11.9 Å². The number of primary amides is 1. The molecule has 1 saturated carbocycles. The SMILES string of the molecule is CC(C)CC1CCCC(Nc2cccc(C(N)=O)c2)C1. The number of nitrogens with one attached hydrogen (secondary N) is 1. The number of anilines is 1. The minimum Gasteiger partial charge on any atom is -0.382 e. The minimum atomic E-state index is -0.366. The summed E-state index contributed by atoms with van der Waals surface area (Å²) in [6.07, 6.45) is 6.43. The second kappa shape index (κ2) is 6.78. The average Bonchev–Trinajstić information content (AvgIpc) is 2.38. The summed E-state index contributed by atoms with van der Waals surface area (Å²) >= 11 is 0. The molecule has 3 nitrogen and oxygen atoms in total. The van der Waals surface area contributed by atoms with Crippen LogP contribution in [-0.2, 0) is 0 Å². The van der Waals surface area contributed by atoms with Gasteiger partial charge in [0.15, 0.2) is 0 Å². The van der Waals surface area contributed by atoms with Gasteiger partial charge in [-0.25, -0.2) is 0 Å². The quantitative estimate of drug-likeness (QED) is 0.858. The van der Waals surface area contributed by atoms with Gasteiger partial charge in [-0.05, 0) is 49.3 Å². The maximum absolute atomic E-state index is 11.2. The van der Waals surface area contributed by atoms with Gasteiger partial charge in [-0.3, -0.25) is 4.79 Å². The topological polar surface area (TPSA) is 55.1 Å². The Bertz CT molecular complexity index is 456. The first-order chi connectivity index (χ1) is 9.54. The molecule has 0 aromatic heterocycles. The van der Waals surface area contributed by atoms with Crippen molar-refractivity contribution in [1.82, 2.24) is 0 Å². The molecule has 2 rings (SSSR count). The van der Waals surface area contributed by atoms with Crippen molar-refractivity contribution in [1.29, 1.82) is 0 Å². The average molecular weight is 274 g/mol. The van der Waals surface area contributed by atoms with Crippen molar-refractivity contribution >= 4 is 11.6 Å². The molecule has 3 N–H and O–H groups in total. The van der Waals surface area contributed by atoms with E-state index in [4.69, 9.17) is 5.73 Å². The Morgan fingerprint density at radius 2 is 2.20 bits per heavy atom. The molecule has 1 fully saturated rings. The molecule has 3 heteroatoms. The molecular formula is C17H26N2O. The summed E-state index contributed by atoms with van der Waals surface area (Å²) in [5.74, 6) is 1.24. The maximum atomic E-state index is 11.2. The Hall–Kier alpha value is -1.51. The van der Waals surface area contributed by atoms with Crippen molar-refractivity contribution in [3.63, 3.8) is 0 Å². The van der Waals surface area contributed by atoms with Crippen LogP contribution in [0.1, 0.15) is 56.3 Å². The van der Waals surface area contributed by atoms with E-state index in [1.165, 1.54) is 32.1 Å². The Morgan fingerprint density at radius 1 is 1.40 bits per heavy atom. The standard InChI is InChI=1S/C17H26N2O/c1-12(2)9-13-5-3-7-15(10-13)19-16-8-4-6-14(11-16)17(18)20/h4,6,8,11-13,15,19H,3,5,7,9-10H2,1-2H3,(H2,18,20). The van der Waals surface area contributed by atoms with Gasteiger partial charge in [0.25, 0.3) is 0 Å². The highest BCUT2D eigenvalue weighted by Gasteiger charge is 2.22. The van der Waals surface area contributed by atoms with E-state index in [1.807, 2.05) is 18.2 Å². The van der Waals surface area contributed by atoms with Gasteiger partial charge in [0, 0.05) is 17.3 Å². The van der Waals surface area contributed by atoms with Gasteiger partial charge < -0.3 is 11.1 Å². The number of hydrogen-bond acceptors (Lipinski definition) is 2. The van der Waals surface area contributed by atoms with Crippen molar-refractivity contribution in [2.75, 3.05) is 5.32 Å². The van der Waals surface area contributed by atoms with Crippen molar-refractivity contribution in [2.24, 2.45) is 17.6 Å². The van der Waals surface area contributed by atoms with Crippen molar-refractivity contribution < 1.29 is 4.79 Å². The molecule has 1 aliphatic rings. The van der Waals surface area contributed by atoms with Crippen LogP contribution < -0.4 is 11.1 Å². The number of benzene rings is 1. The normalized spacial score (nSPS) is 22.8. The van der Waals surface area contributed by atoms with E-state index in [2.05, 4.69) is 19.2 Å². The first kappa shape index (κ1) is 14.9. The fraction of sp³-hybridized carbons (Fsp3) is 0.588. The lowest BCUT2D eigenvalue weighted by Crippen LogP contribution is -2.28. The van der Waals surface area contributed by atoms with Crippen LogP contribution in [0.5, 0.6) is 0 Å². The molecule has 1 aromatic carbocycles. The summed E-state index contributed by atoms with van der Waals surface area (Å²) in [5, 5.41) is 3.57. The molecule has 1 amide bonds. The lowest BCUT2D eigenvalue weighted by atomic mass is 9.81. The number of rotatable bonds is 5. The van der Waals surface area contributed by atoms with E-state index < -0.39 is 0 Å². The van der Waals surface area contributed by atoms with Crippen LogP contribution >= 0.6 is 0 Å². The van der Waals surface area contributed by atoms with Crippen LogP contribution in [0.15, 0.2) is 24.3 Å². The Labute approximate surface area is 121 Å². The smallest absolute Gasteiger partial charge is 0.248 e. The molecule has 2 atom stereocenters. The van der Waals surface area contributed by atoms with E-state index in [0.717, 1.165) is 17.5 Å². The number of carbonyl (C=O) groups is 1. The molecule has 0 radical (unpaired) electrons. The van der Waals surface area contributed by atoms with E-state index in [9.17, 15) is 4.79 Å². The van der Waals surface area contributed by atoms with Crippen molar-refractivity contribution in [3.05, 3.63) is 29.8 Å². The third-order valence-electron chi connectivity index (χ3n) is 4.11. The molecule has 2 unspecified atom stereocenters. The summed E-state index contributed by atoms with van der Waals surface area (Å²) in [7, 11) is 0. The van der Waals surface area contributed by atoms with Gasteiger partial charge in [-0.1, -0.05) is 32.8 Å². The van der Waals surface area contributed by atoms with Crippen molar-refractivity contribution in [3.8, 4) is 0 Å². The molecule has 1 aromatic rings. The highest BCUT2D eigenvalue weighted by molar-refractivity contribution is 5.93. The monoisotopic (exact) mass is 274 g/mol. The van der Waals surface area contributed by atoms with Crippen molar-refractivity contribution in [2.45, 2.75) is 52.0 Å². The van der Waals surface area contributed by atoms with Crippen LogP contribution in [0.25, 0.3) is 0 Å². The van der Waals surface area contributed by atoms with E-state index in [0.29, 0.717) is 11.6 Å². The third-order valence-corrected chi connectivity index (χ3v) is 4.11. The molecule has 0 spiro atoms. The van der Waals surface area contributed by atoms with Gasteiger partial charge in [-0.2, -0.15) is 0 Å². The second-order valence-electron chi connectivity index (χ2n) is 6.45. The Balaban J connectivity index is 1.95. The molecule has 0 aliphatic heterocycles. The zero-order valence-electron chi connectivity index (χ0n) is 12.6. The van der Waals surface area contributed by atoms with Crippen LogP contribution in [0.3, 0.4) is 0 Å². The first-order valence-corrected chi connectivity index (χ1v) is 7.71. The van der Waals surface area contributed by atoms with Gasteiger partial charge in [0.1, 0.15) is 0 Å². The van der Waals surface area contributed by atoms with E-state index >= 15 is 0 Å². The molecule has 110 valence electrons. The molecule has 1 aliphatic carbocycles. The summed E-state index contributed by atoms with van der Waals surface area (Å²) in [6.45, 7) is 4.60. The van der Waals surface area contributed by atoms with E-state index in [-0.39, 0.29) is 5.91 Å². The molecular weight excluding hydrogens is 248 g/mol. The first-order valence-electron chi connectivity index (χ1n) is 7.71. The Kier molecular flexibility index (Phi) is 5.05. The minimum absolute atomic E-state index is 0.366. The molecule has 0 saturated heterocycles. The van der Waals surface area contributed by atoms with Crippen LogP contribution in [0.2, 0.25) is 0 Å². The molecule has 20 heavy (non-hydrogen) atoms. The summed E-state index contributed by atoms with van der Waals surface area (Å²) in [4.78, 5) is 11.2. The Morgan fingerprint density at radius 3 is 2.90 bits per heavy atom. The largest absolute Gasteiger partial charge is 0.382 e. The van der Waals surface area contributed by atoms with Gasteiger partial charge >= 0.3 is 0 Å². The predicted molar refractivity (Wildman–Crippen MR) is 83.8 cm³/mol. The number of nitrogens with two attached hydrogens (primary N) is 1. The second-order valence-corrected chi connectivity index (χ2v) is 6.45. The summed E-state index contributed by atoms with van der Waals surface area (Å²) < 4.78 is 0. The lowest BCUT2D eigenvalue weighted by Gasteiger charge is -2.31. The maximum Gasteiger partial charge on any atom is 0.248 e. The fourth-order valence-electron chi connectivity index (χ4n) is 3.30. The fourth-order valence-corrected chi connectivity index (χ4v) is 3.30. The highest BCUT2D eigenvalue weighted by atomic mass is 16.1. The van der Waals surface area contributed by atoms with Gasteiger partial charge in [0.05, 0.1) is 0 Å². The van der Waals surface area contributed by atoms with E-state index in [1.54, 1.807) is 6.07 Å². The number of amides is 1. The zero-order valence-corrected chi connectivity index (χ0v) is 12.6. The number of hydrogen-bond donors (Lipinski definition) is 2. The zero-order chi connectivity index (χ0) is 14.5. The summed E-state index contributed by atoms with van der Waals surface area (Å²) in [5.41, 5.74) is 6.91. The third kappa shape index (κ3) is 4.26. The highest BCUT2D eigenvalue weighted by Crippen LogP contribution is 2.31. The van der Waals surface area contributed by atoms with Crippen LogP contribution in [0, 0.1) is 11.8 Å². The predicted octanol–water partition coefficient (Wildman–Crippen LogP) is 3.80. The lowest BCUT2D eigenvalue weighted by molar-refractivity contribution is 0.100.